The number of carbonyl (C=O) groups excluding carboxylic acids is 1. The summed E-state index contributed by atoms with van der Waals surface area (Å²) in [5.74, 6) is -0.217. The number of nitrogens with two attached hydrogens (primary N) is 1. The molecule has 0 aliphatic carbocycles. The Bertz CT molecular complexity index is 758. The molecule has 0 atom stereocenters. The number of nitrogens with zero attached hydrogens (tertiary/aromatic N) is 1. The van der Waals surface area contributed by atoms with Crippen molar-refractivity contribution in [2.45, 2.75) is 6.18 Å². The van der Waals surface area contributed by atoms with Crippen molar-refractivity contribution in [3.05, 3.63) is 59.7 Å². The number of nitrogens with one attached hydrogen (secondary N) is 1. The highest BCUT2D eigenvalue weighted by molar-refractivity contribution is 6.28. The predicted octanol–water partition coefficient (Wildman–Crippen LogP) is 4.19. The highest BCUT2D eigenvalue weighted by Crippen LogP contribution is 2.30. The number of carbonyl (C=O) groups is 1. The van der Waals surface area contributed by atoms with Crippen LogP contribution < -0.4 is 11.1 Å². The molecule has 0 unspecified atom stereocenters. The normalized spacial score (nSPS) is 12.1. The maximum atomic E-state index is 12.7. The third kappa shape index (κ3) is 4.73. The van der Waals surface area contributed by atoms with Crippen LogP contribution in [0.4, 0.5) is 24.5 Å². The summed E-state index contributed by atoms with van der Waals surface area (Å²) in [7, 11) is 0. The van der Waals surface area contributed by atoms with E-state index >= 15 is 0 Å². The summed E-state index contributed by atoms with van der Waals surface area (Å²) in [6.45, 7) is 0. The van der Waals surface area contributed by atoms with Crippen LogP contribution in [0.2, 0.25) is 0 Å². The zero-order valence-corrected chi connectivity index (χ0v) is 13.0. The van der Waals surface area contributed by atoms with E-state index in [-0.39, 0.29) is 23.0 Å². The number of halogens is 4. The number of aliphatic imine (C=N–C) groups is 1. The van der Waals surface area contributed by atoms with Crippen LogP contribution >= 0.6 is 11.6 Å². The fraction of sp³-hybridized carbons (Fsp3) is 0.125. The van der Waals surface area contributed by atoms with Crippen molar-refractivity contribution >= 4 is 34.7 Å². The fourth-order valence-corrected chi connectivity index (χ4v) is 1.92. The lowest BCUT2D eigenvalue weighted by Gasteiger charge is -2.10. The van der Waals surface area contributed by atoms with Gasteiger partial charge < -0.3 is 11.1 Å². The summed E-state index contributed by atoms with van der Waals surface area (Å²) in [6, 6.07) is 10.5. The molecule has 0 heterocycles. The average Bonchev–Trinajstić information content (AvgIpc) is 2.54. The first kappa shape index (κ1) is 17.8. The van der Waals surface area contributed by atoms with E-state index in [0.717, 1.165) is 12.1 Å². The van der Waals surface area contributed by atoms with Crippen molar-refractivity contribution in [2.24, 2.45) is 10.7 Å². The molecule has 1 amide bonds. The molecule has 0 fully saturated rings. The van der Waals surface area contributed by atoms with Crippen molar-refractivity contribution in [3.8, 4) is 0 Å². The van der Waals surface area contributed by atoms with E-state index in [0.29, 0.717) is 5.69 Å². The van der Waals surface area contributed by atoms with Crippen LogP contribution in [-0.4, -0.2) is 17.6 Å². The predicted molar refractivity (Wildman–Crippen MR) is 87.8 cm³/mol. The van der Waals surface area contributed by atoms with Crippen molar-refractivity contribution in [1.82, 2.24) is 0 Å². The molecule has 0 aliphatic heterocycles. The van der Waals surface area contributed by atoms with E-state index < -0.39 is 17.6 Å². The number of alkyl halides is 4. The molecular weight excluding hydrogens is 343 g/mol. The van der Waals surface area contributed by atoms with Crippen LogP contribution in [0, 0.1) is 0 Å². The molecule has 0 saturated heterocycles. The molecule has 0 aliphatic rings. The topological polar surface area (TPSA) is 67.5 Å². The second-order valence-electron chi connectivity index (χ2n) is 4.82. The van der Waals surface area contributed by atoms with Gasteiger partial charge in [-0.1, -0.05) is 6.07 Å². The molecule has 2 aromatic rings. The number of rotatable bonds is 4. The summed E-state index contributed by atoms with van der Waals surface area (Å²) in [5.41, 5.74) is 5.52. The van der Waals surface area contributed by atoms with Gasteiger partial charge in [0, 0.05) is 11.3 Å². The Labute approximate surface area is 141 Å². The molecule has 0 saturated carbocycles. The third-order valence-corrected chi connectivity index (χ3v) is 3.26. The lowest BCUT2D eigenvalue weighted by molar-refractivity contribution is -0.137. The second kappa shape index (κ2) is 7.35. The summed E-state index contributed by atoms with van der Waals surface area (Å²) in [5, 5.41) is 2.42. The van der Waals surface area contributed by atoms with Crippen LogP contribution in [0.25, 0.3) is 0 Å². The molecule has 0 aromatic heterocycles. The SMILES string of the molecule is NC(CCl)=Nc1ccc(C(=O)Nc2cccc(C(F)(F)F)c2)cc1. The molecule has 0 spiro atoms. The van der Waals surface area contributed by atoms with Crippen LogP contribution in [-0.2, 0) is 6.18 Å². The highest BCUT2D eigenvalue weighted by Gasteiger charge is 2.30. The van der Waals surface area contributed by atoms with E-state index in [1.165, 1.54) is 24.3 Å². The van der Waals surface area contributed by atoms with E-state index in [9.17, 15) is 18.0 Å². The van der Waals surface area contributed by atoms with Gasteiger partial charge in [-0.25, -0.2) is 4.99 Å². The van der Waals surface area contributed by atoms with Crippen molar-refractivity contribution in [1.29, 1.82) is 0 Å². The van der Waals surface area contributed by atoms with Crippen molar-refractivity contribution in [2.75, 3.05) is 11.2 Å². The zero-order valence-electron chi connectivity index (χ0n) is 12.3. The fourth-order valence-electron chi connectivity index (χ4n) is 1.86. The van der Waals surface area contributed by atoms with Gasteiger partial charge in [0.15, 0.2) is 0 Å². The van der Waals surface area contributed by atoms with Gasteiger partial charge in [0.2, 0.25) is 0 Å². The summed E-state index contributed by atoms with van der Waals surface area (Å²) in [6.07, 6.45) is -4.47. The van der Waals surface area contributed by atoms with Crippen LogP contribution in [0.15, 0.2) is 53.5 Å². The summed E-state index contributed by atoms with van der Waals surface area (Å²) >= 11 is 5.52. The van der Waals surface area contributed by atoms with E-state index in [2.05, 4.69) is 10.3 Å². The van der Waals surface area contributed by atoms with Gasteiger partial charge in [-0.15, -0.1) is 11.6 Å². The molecule has 2 aromatic carbocycles. The van der Waals surface area contributed by atoms with Crippen LogP contribution in [0.5, 0.6) is 0 Å². The Morgan fingerprint density at radius 3 is 2.42 bits per heavy atom. The molecule has 2 rings (SSSR count). The molecule has 4 nitrogen and oxygen atoms in total. The minimum Gasteiger partial charge on any atom is -0.386 e. The molecule has 8 heteroatoms. The van der Waals surface area contributed by atoms with Gasteiger partial charge in [-0.2, -0.15) is 13.2 Å². The Balaban J connectivity index is 2.13. The average molecular weight is 356 g/mol. The number of hydrogen-bond acceptors (Lipinski definition) is 2. The number of benzene rings is 2. The largest absolute Gasteiger partial charge is 0.416 e. The van der Waals surface area contributed by atoms with Crippen LogP contribution in [0.1, 0.15) is 15.9 Å². The minimum atomic E-state index is -4.47. The Morgan fingerprint density at radius 2 is 1.83 bits per heavy atom. The van der Waals surface area contributed by atoms with Gasteiger partial charge in [0.05, 0.1) is 17.1 Å². The first-order valence-corrected chi connectivity index (χ1v) is 7.31. The Morgan fingerprint density at radius 1 is 1.17 bits per heavy atom. The van der Waals surface area contributed by atoms with Gasteiger partial charge in [0.25, 0.3) is 5.91 Å². The zero-order chi connectivity index (χ0) is 17.7. The third-order valence-electron chi connectivity index (χ3n) is 2.99. The quantitative estimate of drug-likeness (QED) is 0.490. The monoisotopic (exact) mass is 355 g/mol. The number of amidine groups is 1. The van der Waals surface area contributed by atoms with Gasteiger partial charge >= 0.3 is 6.18 Å². The van der Waals surface area contributed by atoms with E-state index in [1.54, 1.807) is 12.1 Å². The molecule has 0 bridgehead atoms. The van der Waals surface area contributed by atoms with Gasteiger partial charge in [-0.3, -0.25) is 4.79 Å². The Kier molecular flexibility index (Phi) is 5.46. The maximum absolute atomic E-state index is 12.7. The number of anilines is 1. The lowest BCUT2D eigenvalue weighted by Crippen LogP contribution is -2.13. The maximum Gasteiger partial charge on any atom is 0.416 e. The smallest absolute Gasteiger partial charge is 0.386 e. The molecule has 126 valence electrons. The second-order valence-corrected chi connectivity index (χ2v) is 5.08. The van der Waals surface area contributed by atoms with Crippen molar-refractivity contribution < 1.29 is 18.0 Å². The first-order chi connectivity index (χ1) is 11.3. The van der Waals surface area contributed by atoms with Crippen LogP contribution in [0.3, 0.4) is 0 Å². The summed E-state index contributed by atoms with van der Waals surface area (Å²) in [4.78, 5) is 16.1. The minimum absolute atomic E-state index is 0.0586. The molecular formula is C16H13ClF3N3O. The van der Waals surface area contributed by atoms with Gasteiger partial charge in [0.1, 0.15) is 5.84 Å². The highest BCUT2D eigenvalue weighted by atomic mass is 35.5. The van der Waals surface area contributed by atoms with E-state index in [4.69, 9.17) is 17.3 Å². The lowest BCUT2D eigenvalue weighted by atomic mass is 10.1. The molecule has 3 N–H and O–H groups in total. The molecule has 24 heavy (non-hydrogen) atoms. The number of hydrogen-bond donors (Lipinski definition) is 2. The number of amides is 1. The van der Waals surface area contributed by atoms with E-state index in [1.807, 2.05) is 0 Å². The van der Waals surface area contributed by atoms with Gasteiger partial charge in [-0.05, 0) is 42.5 Å². The standard InChI is InChI=1S/C16H13ClF3N3O/c17-9-14(21)22-12-6-4-10(5-7-12)15(24)23-13-3-1-2-11(8-13)16(18,19)20/h1-8H,9H2,(H2,21,22)(H,23,24). The molecule has 0 radical (unpaired) electrons. The first-order valence-electron chi connectivity index (χ1n) is 6.77. The Hall–Kier alpha value is -2.54. The summed E-state index contributed by atoms with van der Waals surface area (Å²) < 4.78 is 38.0. The van der Waals surface area contributed by atoms with Crippen molar-refractivity contribution in [3.63, 3.8) is 0 Å².